The van der Waals surface area contributed by atoms with Crippen LogP contribution in [0.1, 0.15) is 18.4 Å². The van der Waals surface area contributed by atoms with E-state index in [4.69, 9.17) is 0 Å². The van der Waals surface area contributed by atoms with Gasteiger partial charge in [-0.2, -0.15) is 0 Å². The molecule has 2 aromatic rings. The maximum Gasteiger partial charge on any atom is 0.225 e. The molecule has 2 heterocycles. The lowest BCUT2D eigenvalue weighted by Gasteiger charge is -2.19. The molecule has 158 valence electrons. The molecule has 2 fully saturated rings. The standard InChI is InChI=1S/C24H28FN3O2/c25-21-6-8-22(9-7-21)27-12-11-19(16-27)15-26-24(30)20-14-23(29)28(17-20)13-10-18-4-2-1-3-5-18/h1-9,19-20H,10-17H2,(H,26,30). The van der Waals surface area contributed by atoms with Crippen molar-refractivity contribution in [2.75, 3.05) is 37.6 Å². The van der Waals surface area contributed by atoms with Crippen LogP contribution < -0.4 is 10.2 Å². The van der Waals surface area contributed by atoms with Gasteiger partial charge in [-0.25, -0.2) is 4.39 Å². The number of carbonyl (C=O) groups is 2. The molecule has 0 aromatic heterocycles. The van der Waals surface area contributed by atoms with Crippen LogP contribution in [0.15, 0.2) is 54.6 Å². The first-order chi connectivity index (χ1) is 14.6. The molecule has 5 nitrogen and oxygen atoms in total. The molecule has 2 saturated heterocycles. The Morgan fingerprint density at radius 2 is 1.83 bits per heavy atom. The lowest BCUT2D eigenvalue weighted by molar-refractivity contribution is -0.129. The summed E-state index contributed by atoms with van der Waals surface area (Å²) in [5, 5.41) is 3.06. The van der Waals surface area contributed by atoms with Gasteiger partial charge in [0.15, 0.2) is 0 Å². The number of amides is 2. The van der Waals surface area contributed by atoms with Crippen LogP contribution in [0.3, 0.4) is 0 Å². The highest BCUT2D eigenvalue weighted by Gasteiger charge is 2.34. The Morgan fingerprint density at radius 1 is 1.07 bits per heavy atom. The molecule has 6 heteroatoms. The summed E-state index contributed by atoms with van der Waals surface area (Å²) in [6.07, 6.45) is 2.10. The summed E-state index contributed by atoms with van der Waals surface area (Å²) >= 11 is 0. The van der Waals surface area contributed by atoms with Crippen LogP contribution in [-0.2, 0) is 16.0 Å². The molecule has 0 bridgehead atoms. The number of likely N-dealkylation sites (tertiary alicyclic amines) is 1. The SMILES string of the molecule is O=C(NCC1CCN(c2ccc(F)cc2)C1)C1CC(=O)N(CCc2ccccc2)C1. The van der Waals surface area contributed by atoms with Gasteiger partial charge in [-0.1, -0.05) is 30.3 Å². The number of halogens is 1. The van der Waals surface area contributed by atoms with Gasteiger partial charge in [-0.15, -0.1) is 0 Å². The van der Waals surface area contributed by atoms with E-state index in [1.54, 1.807) is 12.1 Å². The third kappa shape index (κ3) is 4.99. The fraction of sp³-hybridized carbons (Fsp3) is 0.417. The zero-order valence-corrected chi connectivity index (χ0v) is 17.1. The van der Waals surface area contributed by atoms with Crippen molar-refractivity contribution in [3.05, 3.63) is 66.0 Å². The maximum absolute atomic E-state index is 13.1. The first-order valence-electron chi connectivity index (χ1n) is 10.7. The van der Waals surface area contributed by atoms with Gasteiger partial charge in [-0.3, -0.25) is 9.59 Å². The van der Waals surface area contributed by atoms with Crippen molar-refractivity contribution in [2.24, 2.45) is 11.8 Å². The second kappa shape index (κ2) is 9.28. The summed E-state index contributed by atoms with van der Waals surface area (Å²) < 4.78 is 13.1. The molecule has 4 rings (SSSR count). The smallest absolute Gasteiger partial charge is 0.225 e. The van der Waals surface area contributed by atoms with E-state index in [0.717, 1.165) is 31.6 Å². The molecule has 30 heavy (non-hydrogen) atoms. The van der Waals surface area contributed by atoms with E-state index in [0.29, 0.717) is 32.0 Å². The highest BCUT2D eigenvalue weighted by Crippen LogP contribution is 2.24. The molecule has 2 unspecified atom stereocenters. The van der Waals surface area contributed by atoms with Gasteiger partial charge in [-0.05, 0) is 48.6 Å². The van der Waals surface area contributed by atoms with Gasteiger partial charge in [0.2, 0.25) is 11.8 Å². The van der Waals surface area contributed by atoms with Crippen LogP contribution in [0.2, 0.25) is 0 Å². The average Bonchev–Trinajstić information content (AvgIpc) is 3.38. The average molecular weight is 410 g/mol. The van der Waals surface area contributed by atoms with E-state index in [1.807, 2.05) is 23.1 Å². The monoisotopic (exact) mass is 409 g/mol. The number of nitrogens with zero attached hydrogens (tertiary/aromatic N) is 2. The van der Waals surface area contributed by atoms with Gasteiger partial charge in [0.25, 0.3) is 0 Å². The van der Waals surface area contributed by atoms with Gasteiger partial charge >= 0.3 is 0 Å². The lowest BCUT2D eigenvalue weighted by atomic mass is 10.1. The number of carbonyl (C=O) groups excluding carboxylic acids is 2. The third-order valence-corrected chi connectivity index (χ3v) is 6.14. The molecule has 0 aliphatic carbocycles. The number of hydrogen-bond donors (Lipinski definition) is 1. The third-order valence-electron chi connectivity index (χ3n) is 6.14. The number of rotatable bonds is 7. The number of anilines is 1. The van der Waals surface area contributed by atoms with Crippen molar-refractivity contribution < 1.29 is 14.0 Å². The van der Waals surface area contributed by atoms with Crippen molar-refractivity contribution in [2.45, 2.75) is 19.3 Å². The molecule has 2 amide bonds. The highest BCUT2D eigenvalue weighted by molar-refractivity contribution is 5.89. The van der Waals surface area contributed by atoms with Crippen molar-refractivity contribution in [3.8, 4) is 0 Å². The van der Waals surface area contributed by atoms with Crippen LogP contribution in [-0.4, -0.2) is 49.4 Å². The Labute approximate surface area is 176 Å². The maximum atomic E-state index is 13.1. The minimum atomic E-state index is -0.261. The Morgan fingerprint density at radius 3 is 2.60 bits per heavy atom. The van der Waals surface area contributed by atoms with Crippen molar-refractivity contribution >= 4 is 17.5 Å². The lowest BCUT2D eigenvalue weighted by Crippen LogP contribution is -2.36. The summed E-state index contributed by atoms with van der Waals surface area (Å²) in [6, 6.07) is 16.6. The fourth-order valence-corrected chi connectivity index (χ4v) is 4.35. The summed E-state index contributed by atoms with van der Waals surface area (Å²) in [4.78, 5) is 28.9. The molecule has 2 aliphatic heterocycles. The summed E-state index contributed by atoms with van der Waals surface area (Å²) in [6.45, 7) is 3.52. The van der Waals surface area contributed by atoms with Gasteiger partial charge in [0.05, 0.1) is 5.92 Å². The minimum absolute atomic E-state index is 0.0224. The van der Waals surface area contributed by atoms with E-state index < -0.39 is 0 Å². The molecule has 0 saturated carbocycles. The number of nitrogens with one attached hydrogen (secondary N) is 1. The summed E-state index contributed by atoms with van der Waals surface area (Å²) in [7, 11) is 0. The van der Waals surface area contributed by atoms with Crippen LogP contribution in [0.4, 0.5) is 10.1 Å². The Balaban J connectivity index is 1.21. The van der Waals surface area contributed by atoms with Crippen LogP contribution in [0.25, 0.3) is 0 Å². The molecule has 1 N–H and O–H groups in total. The quantitative estimate of drug-likeness (QED) is 0.765. The molecule has 2 atom stereocenters. The highest BCUT2D eigenvalue weighted by atomic mass is 19.1. The predicted molar refractivity (Wildman–Crippen MR) is 115 cm³/mol. The molecular formula is C24H28FN3O2. The topological polar surface area (TPSA) is 52.7 Å². The second-order valence-corrected chi connectivity index (χ2v) is 8.30. The largest absolute Gasteiger partial charge is 0.371 e. The van der Waals surface area contributed by atoms with Crippen molar-refractivity contribution in [1.82, 2.24) is 10.2 Å². The van der Waals surface area contributed by atoms with Gasteiger partial charge in [0.1, 0.15) is 5.82 Å². The number of hydrogen-bond acceptors (Lipinski definition) is 3. The fourth-order valence-electron chi connectivity index (χ4n) is 4.35. The minimum Gasteiger partial charge on any atom is -0.371 e. The zero-order valence-electron chi connectivity index (χ0n) is 17.1. The molecule has 2 aliphatic rings. The van der Waals surface area contributed by atoms with Crippen LogP contribution >= 0.6 is 0 Å². The first-order valence-corrected chi connectivity index (χ1v) is 10.7. The summed E-state index contributed by atoms with van der Waals surface area (Å²) in [5.41, 5.74) is 2.21. The Hall–Kier alpha value is -2.89. The molecule has 0 spiro atoms. The normalized spacial score (nSPS) is 21.3. The number of benzene rings is 2. The second-order valence-electron chi connectivity index (χ2n) is 8.30. The molecule has 2 aromatic carbocycles. The van der Waals surface area contributed by atoms with Gasteiger partial charge in [0, 0.05) is 44.8 Å². The van der Waals surface area contributed by atoms with Gasteiger partial charge < -0.3 is 15.1 Å². The van der Waals surface area contributed by atoms with Crippen molar-refractivity contribution in [3.63, 3.8) is 0 Å². The first kappa shape index (κ1) is 20.4. The predicted octanol–water partition coefficient (Wildman–Crippen LogP) is 2.86. The van der Waals surface area contributed by atoms with E-state index >= 15 is 0 Å². The molecule has 0 radical (unpaired) electrons. The van der Waals surface area contributed by atoms with E-state index in [2.05, 4.69) is 22.3 Å². The van der Waals surface area contributed by atoms with Crippen LogP contribution in [0, 0.1) is 17.7 Å². The molecular weight excluding hydrogens is 381 g/mol. The Kier molecular flexibility index (Phi) is 6.31. The van der Waals surface area contributed by atoms with Crippen molar-refractivity contribution in [1.29, 1.82) is 0 Å². The zero-order chi connectivity index (χ0) is 20.9. The van der Waals surface area contributed by atoms with E-state index in [9.17, 15) is 14.0 Å². The Bertz CT molecular complexity index is 872. The summed E-state index contributed by atoms with van der Waals surface area (Å²) in [5.74, 6) is -0.0842. The van der Waals surface area contributed by atoms with Crippen LogP contribution in [0.5, 0.6) is 0 Å². The van der Waals surface area contributed by atoms with E-state index in [1.165, 1.54) is 17.7 Å². The van der Waals surface area contributed by atoms with E-state index in [-0.39, 0.29) is 23.5 Å².